The van der Waals surface area contributed by atoms with Gasteiger partial charge in [-0.2, -0.15) is 0 Å². The highest BCUT2D eigenvalue weighted by Gasteiger charge is 1.95. The van der Waals surface area contributed by atoms with Gasteiger partial charge in [0.1, 0.15) is 0 Å². The first-order valence-corrected chi connectivity index (χ1v) is 2.97. The molecule has 0 aliphatic rings. The molecule has 6 nitrogen and oxygen atoms in total. The normalized spacial score (nSPS) is 11.7. The van der Waals surface area contributed by atoms with Gasteiger partial charge in [-0.25, -0.2) is 9.59 Å². The van der Waals surface area contributed by atoms with Crippen LogP contribution in [-0.4, -0.2) is 24.3 Å². The molecule has 1 N–H and O–H groups in total. The van der Waals surface area contributed by atoms with Crippen molar-refractivity contribution in [3.8, 4) is 0 Å². The Kier molecular flexibility index (Phi) is 4.28. The summed E-state index contributed by atoms with van der Waals surface area (Å²) in [7, 11) is 1.15. The van der Waals surface area contributed by atoms with E-state index in [-0.39, 0.29) is 5.70 Å². The van der Waals surface area contributed by atoms with Crippen molar-refractivity contribution in [2.45, 2.75) is 6.92 Å². The fourth-order valence-electron chi connectivity index (χ4n) is 0.368. The molecular weight excluding hydrogens is 164 g/mol. The van der Waals surface area contributed by atoms with E-state index >= 15 is 0 Å². The van der Waals surface area contributed by atoms with E-state index in [2.05, 4.69) is 15.0 Å². The van der Waals surface area contributed by atoms with E-state index in [9.17, 15) is 9.59 Å². The van der Waals surface area contributed by atoms with Gasteiger partial charge in [-0.1, -0.05) is 5.11 Å². The molecule has 12 heavy (non-hydrogen) atoms. The van der Waals surface area contributed by atoms with E-state index in [0.717, 1.165) is 13.2 Å². The Morgan fingerprint density at radius 1 is 1.42 bits per heavy atom. The van der Waals surface area contributed by atoms with Crippen LogP contribution in [0.5, 0.6) is 0 Å². The number of allylic oxidation sites excluding steroid dienone is 1. The van der Waals surface area contributed by atoms with Crippen LogP contribution in [0.1, 0.15) is 6.92 Å². The molecule has 0 aromatic rings. The number of carboxylic acids is 1. The molecule has 0 bridgehead atoms. The van der Waals surface area contributed by atoms with E-state index in [4.69, 9.17) is 5.11 Å². The van der Waals surface area contributed by atoms with E-state index in [1.807, 2.05) is 0 Å². The lowest BCUT2D eigenvalue weighted by molar-refractivity contribution is -0.131. The van der Waals surface area contributed by atoms with Gasteiger partial charge >= 0.3 is 12.1 Å². The van der Waals surface area contributed by atoms with E-state index in [0.29, 0.717) is 0 Å². The summed E-state index contributed by atoms with van der Waals surface area (Å²) in [6.07, 6.45) is -0.0416. The van der Waals surface area contributed by atoms with Gasteiger partial charge in [-0.3, -0.25) is 0 Å². The number of aliphatic carboxylic acids is 1. The minimum Gasteiger partial charge on any atom is -0.478 e. The molecule has 0 aromatic carbocycles. The second kappa shape index (κ2) is 5.00. The van der Waals surface area contributed by atoms with Crippen molar-refractivity contribution in [2.75, 3.05) is 7.11 Å². The Hall–Kier alpha value is -1.72. The molecule has 0 saturated heterocycles. The van der Waals surface area contributed by atoms with Crippen LogP contribution in [0, 0.1) is 0 Å². The van der Waals surface area contributed by atoms with Gasteiger partial charge < -0.3 is 9.84 Å². The van der Waals surface area contributed by atoms with Crippen LogP contribution >= 0.6 is 0 Å². The minimum atomic E-state index is -1.14. The fourth-order valence-corrected chi connectivity index (χ4v) is 0.368. The smallest absolute Gasteiger partial charge is 0.452 e. The molecule has 0 fully saturated rings. The average Bonchev–Trinajstić information content (AvgIpc) is 1.99. The van der Waals surface area contributed by atoms with Gasteiger partial charge in [0.2, 0.25) is 0 Å². The van der Waals surface area contributed by atoms with Gasteiger partial charge in [0, 0.05) is 6.08 Å². The molecule has 0 unspecified atom stereocenters. The number of amides is 1. The van der Waals surface area contributed by atoms with Gasteiger partial charge in [0.05, 0.1) is 12.8 Å². The van der Waals surface area contributed by atoms with Crippen LogP contribution in [0.15, 0.2) is 22.0 Å². The van der Waals surface area contributed by atoms with Crippen molar-refractivity contribution >= 4 is 12.1 Å². The zero-order valence-corrected chi connectivity index (χ0v) is 6.64. The maximum absolute atomic E-state index is 10.3. The fraction of sp³-hybridized carbons (Fsp3) is 0.333. The first-order chi connectivity index (χ1) is 5.56. The Labute approximate surface area is 68.6 Å². The summed E-state index contributed by atoms with van der Waals surface area (Å²) in [5, 5.41) is 14.5. The van der Waals surface area contributed by atoms with Crippen molar-refractivity contribution < 1.29 is 19.4 Å². The number of azo groups is 1. The summed E-state index contributed by atoms with van der Waals surface area (Å²) in [5.74, 6) is -1.14. The third-order valence-electron chi connectivity index (χ3n) is 0.796. The predicted molar refractivity (Wildman–Crippen MR) is 38.7 cm³/mol. The monoisotopic (exact) mass is 172 g/mol. The van der Waals surface area contributed by atoms with E-state index < -0.39 is 12.1 Å². The van der Waals surface area contributed by atoms with Crippen molar-refractivity contribution in [1.82, 2.24) is 0 Å². The second-order valence-corrected chi connectivity index (χ2v) is 1.79. The number of rotatable bonds is 2. The average molecular weight is 172 g/mol. The third kappa shape index (κ3) is 5.10. The van der Waals surface area contributed by atoms with Crippen molar-refractivity contribution in [2.24, 2.45) is 10.2 Å². The third-order valence-corrected chi connectivity index (χ3v) is 0.796. The summed E-state index contributed by atoms with van der Waals surface area (Å²) in [5.41, 5.74) is 0.118. The Balaban J connectivity index is 4.17. The zero-order valence-electron chi connectivity index (χ0n) is 6.64. The van der Waals surface area contributed by atoms with Gasteiger partial charge in [-0.05, 0) is 6.92 Å². The lowest BCUT2D eigenvalue weighted by Gasteiger charge is -1.88. The second-order valence-electron chi connectivity index (χ2n) is 1.79. The van der Waals surface area contributed by atoms with Gasteiger partial charge in [-0.15, -0.1) is 5.11 Å². The number of hydrogen-bond donors (Lipinski definition) is 1. The van der Waals surface area contributed by atoms with Crippen LogP contribution in [0.25, 0.3) is 0 Å². The van der Waals surface area contributed by atoms with E-state index in [1.54, 1.807) is 0 Å². The molecule has 0 aliphatic carbocycles. The highest BCUT2D eigenvalue weighted by atomic mass is 16.5. The Bertz CT molecular complexity index is 244. The molecule has 0 spiro atoms. The lowest BCUT2D eigenvalue weighted by atomic mass is 10.4. The predicted octanol–water partition coefficient (Wildman–Crippen LogP) is 1.19. The molecule has 0 aromatic heterocycles. The van der Waals surface area contributed by atoms with Crippen LogP contribution in [-0.2, 0) is 9.53 Å². The lowest BCUT2D eigenvalue weighted by Crippen LogP contribution is -1.91. The van der Waals surface area contributed by atoms with E-state index in [1.165, 1.54) is 6.92 Å². The van der Waals surface area contributed by atoms with Crippen molar-refractivity contribution in [3.63, 3.8) is 0 Å². The van der Waals surface area contributed by atoms with Crippen molar-refractivity contribution in [3.05, 3.63) is 11.8 Å². The molecule has 0 saturated carbocycles. The highest BCUT2D eigenvalue weighted by Crippen LogP contribution is 1.95. The summed E-state index contributed by atoms with van der Waals surface area (Å²) in [6.45, 7) is 1.40. The standard InChI is InChI=1S/C6H8N2O4/c1-4(3-5(9)10)7-8-6(11)12-2/h3H,1-2H3,(H,9,10)/b4-3+,8-7?. The molecule has 0 aliphatic heterocycles. The minimum absolute atomic E-state index is 0.118. The largest absolute Gasteiger partial charge is 0.478 e. The number of carbonyl (C=O) groups excluding carboxylic acids is 1. The topological polar surface area (TPSA) is 88.3 Å². The zero-order chi connectivity index (χ0) is 9.56. The molecule has 1 amide bonds. The number of carbonyl (C=O) groups is 2. The number of carboxylic acid groups (broad SMARTS) is 1. The maximum Gasteiger partial charge on any atom is 0.452 e. The summed E-state index contributed by atoms with van der Waals surface area (Å²) in [6, 6.07) is 0. The SMILES string of the molecule is COC(=O)N=N/C(C)=C/C(=O)O. The van der Waals surface area contributed by atoms with Crippen LogP contribution in [0.2, 0.25) is 0 Å². The number of methoxy groups -OCH3 is 1. The van der Waals surface area contributed by atoms with Crippen LogP contribution < -0.4 is 0 Å². The summed E-state index contributed by atoms with van der Waals surface area (Å²) >= 11 is 0. The molecule has 0 heterocycles. The summed E-state index contributed by atoms with van der Waals surface area (Å²) in [4.78, 5) is 20.4. The molecule has 0 atom stereocenters. The molecule has 66 valence electrons. The molecule has 0 rings (SSSR count). The number of ether oxygens (including phenoxy) is 1. The Morgan fingerprint density at radius 3 is 2.42 bits per heavy atom. The Morgan fingerprint density at radius 2 is 2.00 bits per heavy atom. The molecule has 6 heteroatoms. The first kappa shape index (κ1) is 10.3. The quantitative estimate of drug-likeness (QED) is 0.500. The van der Waals surface area contributed by atoms with Gasteiger partial charge in [0.25, 0.3) is 0 Å². The van der Waals surface area contributed by atoms with Crippen LogP contribution in [0.4, 0.5) is 4.79 Å². The molecule has 0 radical (unpaired) electrons. The number of nitrogens with zero attached hydrogens (tertiary/aromatic N) is 2. The van der Waals surface area contributed by atoms with Gasteiger partial charge in [0.15, 0.2) is 0 Å². The van der Waals surface area contributed by atoms with Crippen molar-refractivity contribution in [1.29, 1.82) is 0 Å². The maximum atomic E-state index is 10.3. The molecular formula is C6H8N2O4. The summed E-state index contributed by atoms with van der Waals surface area (Å²) < 4.78 is 4.13. The highest BCUT2D eigenvalue weighted by molar-refractivity contribution is 5.80. The first-order valence-electron chi connectivity index (χ1n) is 2.97. The number of hydrogen-bond acceptors (Lipinski definition) is 4. The van der Waals surface area contributed by atoms with Crippen LogP contribution in [0.3, 0.4) is 0 Å².